The number of carboxylic acid groups (broad SMARTS) is 1. The van der Waals surface area contributed by atoms with Crippen LogP contribution in [-0.2, 0) is 4.79 Å². The van der Waals surface area contributed by atoms with Gasteiger partial charge in [0.2, 0.25) is 0 Å². The molecule has 12 heavy (non-hydrogen) atoms. The second-order valence-corrected chi connectivity index (χ2v) is 2.58. The van der Waals surface area contributed by atoms with E-state index in [1.54, 1.807) is 31.2 Å². The molecule has 64 valence electrons. The van der Waals surface area contributed by atoms with Gasteiger partial charge in [-0.3, -0.25) is 0 Å². The Labute approximate surface area is 70.3 Å². The molecule has 0 bridgehead atoms. The Balaban J connectivity index is 3.02. The van der Waals surface area contributed by atoms with E-state index in [-0.39, 0.29) is 0 Å². The zero-order chi connectivity index (χ0) is 9.14. The van der Waals surface area contributed by atoms with Crippen molar-refractivity contribution in [3.05, 3.63) is 35.4 Å². The van der Waals surface area contributed by atoms with Gasteiger partial charge in [0.25, 0.3) is 0 Å². The molecular weight excluding hydrogens is 156 g/mol. The van der Waals surface area contributed by atoms with Gasteiger partial charge in [0.05, 0.1) is 5.97 Å². The van der Waals surface area contributed by atoms with Crippen molar-refractivity contribution >= 4 is 5.97 Å². The molecule has 1 atom stereocenters. The lowest BCUT2D eigenvalue weighted by Gasteiger charge is -2.13. The molecule has 0 amide bonds. The number of carboxylic acids is 1. The average Bonchev–Trinajstić information content (AvgIpc) is 2.04. The van der Waals surface area contributed by atoms with Crippen LogP contribution in [0.1, 0.15) is 17.2 Å². The third-order valence-corrected chi connectivity index (χ3v) is 1.71. The first-order valence-corrected chi connectivity index (χ1v) is 3.57. The van der Waals surface area contributed by atoms with Crippen LogP contribution in [0.5, 0.6) is 0 Å². The van der Waals surface area contributed by atoms with E-state index in [2.05, 4.69) is 0 Å². The summed E-state index contributed by atoms with van der Waals surface area (Å²) in [5.74, 6) is -1.47. The van der Waals surface area contributed by atoms with Crippen LogP contribution in [0.2, 0.25) is 0 Å². The molecule has 0 saturated carbocycles. The molecule has 3 nitrogen and oxygen atoms in total. The number of aliphatic hydroxyl groups is 1. The second-order valence-electron chi connectivity index (χ2n) is 2.58. The summed E-state index contributed by atoms with van der Waals surface area (Å²) < 4.78 is 0. The normalized spacial score (nSPS) is 12.5. The molecule has 0 unspecified atom stereocenters. The molecule has 0 spiro atoms. The molecule has 1 aromatic carbocycles. The number of aryl methyl sites for hydroxylation is 1. The summed E-state index contributed by atoms with van der Waals surface area (Å²) in [5, 5.41) is 19.4. The Kier molecular flexibility index (Phi) is 2.45. The summed E-state index contributed by atoms with van der Waals surface area (Å²) in [6, 6.07) is 6.76. The van der Waals surface area contributed by atoms with Crippen LogP contribution in [0, 0.1) is 6.92 Å². The Bertz CT molecular complexity index is 294. The average molecular weight is 165 g/mol. The van der Waals surface area contributed by atoms with Gasteiger partial charge >= 0.3 is 0 Å². The lowest BCUT2D eigenvalue weighted by Crippen LogP contribution is -2.29. The maximum Gasteiger partial charge on any atom is 0.119 e. The van der Waals surface area contributed by atoms with Crippen molar-refractivity contribution in [1.82, 2.24) is 0 Å². The molecule has 1 rings (SSSR count). The molecule has 1 N–H and O–H groups in total. The third kappa shape index (κ3) is 1.62. The number of aliphatic hydroxyl groups excluding tert-OH is 1. The van der Waals surface area contributed by atoms with Gasteiger partial charge < -0.3 is 15.0 Å². The van der Waals surface area contributed by atoms with Gasteiger partial charge in [0.15, 0.2) is 0 Å². The molecule has 0 fully saturated rings. The minimum absolute atomic E-state index is 0.387. The van der Waals surface area contributed by atoms with E-state index in [9.17, 15) is 9.90 Å². The fraction of sp³-hybridized carbons (Fsp3) is 0.222. The first-order valence-electron chi connectivity index (χ1n) is 3.57. The smallest absolute Gasteiger partial charge is 0.119 e. The van der Waals surface area contributed by atoms with Crippen molar-refractivity contribution in [3.8, 4) is 0 Å². The third-order valence-electron chi connectivity index (χ3n) is 1.71. The highest BCUT2D eigenvalue weighted by atomic mass is 16.4. The fourth-order valence-electron chi connectivity index (χ4n) is 1.02. The molecule has 0 saturated heterocycles. The molecule has 0 aliphatic carbocycles. The number of carbonyl (C=O) groups is 1. The van der Waals surface area contributed by atoms with Crippen molar-refractivity contribution in [1.29, 1.82) is 0 Å². The van der Waals surface area contributed by atoms with Gasteiger partial charge in [-0.15, -0.1) is 0 Å². The number of rotatable bonds is 2. The van der Waals surface area contributed by atoms with E-state index in [1.807, 2.05) is 0 Å². The van der Waals surface area contributed by atoms with Crippen molar-refractivity contribution < 1.29 is 15.0 Å². The Morgan fingerprint density at radius 1 is 1.50 bits per heavy atom. The highest BCUT2D eigenvalue weighted by Crippen LogP contribution is 2.15. The lowest BCUT2D eigenvalue weighted by atomic mass is 10.0. The van der Waals surface area contributed by atoms with Crippen molar-refractivity contribution in [2.45, 2.75) is 13.0 Å². The van der Waals surface area contributed by atoms with Gasteiger partial charge in [-0.25, -0.2) is 0 Å². The predicted octanol–water partition coefficient (Wildman–Crippen LogP) is -0.222. The van der Waals surface area contributed by atoms with Gasteiger partial charge in [-0.05, 0) is 18.1 Å². The number of aliphatic carboxylic acids is 1. The Morgan fingerprint density at radius 3 is 2.58 bits per heavy atom. The van der Waals surface area contributed by atoms with E-state index >= 15 is 0 Å². The molecule has 0 aromatic heterocycles. The molecule has 0 aliphatic heterocycles. The van der Waals surface area contributed by atoms with E-state index in [4.69, 9.17) is 5.11 Å². The first kappa shape index (κ1) is 8.74. The van der Waals surface area contributed by atoms with Crippen LogP contribution >= 0.6 is 0 Å². The first-order chi connectivity index (χ1) is 5.63. The van der Waals surface area contributed by atoms with Gasteiger partial charge in [0, 0.05) is 0 Å². The summed E-state index contributed by atoms with van der Waals surface area (Å²) in [5.41, 5.74) is 1.13. The second kappa shape index (κ2) is 3.36. The zero-order valence-corrected chi connectivity index (χ0v) is 6.65. The van der Waals surface area contributed by atoms with Crippen LogP contribution in [0.15, 0.2) is 24.3 Å². The fourth-order valence-corrected chi connectivity index (χ4v) is 1.02. The highest BCUT2D eigenvalue weighted by molar-refractivity contribution is 5.72. The standard InChI is InChI=1S/C9H10O3/c1-6-4-2-3-5-7(6)8(10)9(11)12/h2-5,8,10H,1H3,(H,11,12)/p-1/t8-/m1/s1. The Hall–Kier alpha value is -1.35. The minimum atomic E-state index is -1.52. The predicted molar refractivity (Wildman–Crippen MR) is 41.1 cm³/mol. The van der Waals surface area contributed by atoms with Crippen LogP contribution in [0.3, 0.4) is 0 Å². The van der Waals surface area contributed by atoms with Crippen molar-refractivity contribution in [2.75, 3.05) is 0 Å². The molecule has 0 radical (unpaired) electrons. The highest BCUT2D eigenvalue weighted by Gasteiger charge is 2.09. The van der Waals surface area contributed by atoms with Crippen LogP contribution in [-0.4, -0.2) is 11.1 Å². The maximum atomic E-state index is 10.3. The summed E-state index contributed by atoms with van der Waals surface area (Å²) in [7, 11) is 0. The summed E-state index contributed by atoms with van der Waals surface area (Å²) in [4.78, 5) is 10.3. The van der Waals surface area contributed by atoms with E-state index < -0.39 is 12.1 Å². The maximum absolute atomic E-state index is 10.3. The van der Waals surface area contributed by atoms with Gasteiger partial charge in [-0.1, -0.05) is 24.3 Å². The summed E-state index contributed by atoms with van der Waals surface area (Å²) in [6.07, 6.45) is -1.52. The van der Waals surface area contributed by atoms with Crippen molar-refractivity contribution in [3.63, 3.8) is 0 Å². The summed E-state index contributed by atoms with van der Waals surface area (Å²) in [6.45, 7) is 1.74. The minimum Gasteiger partial charge on any atom is -0.547 e. The molecular formula is C9H9O3-. The van der Waals surface area contributed by atoms with Crippen LogP contribution in [0.4, 0.5) is 0 Å². The van der Waals surface area contributed by atoms with E-state index in [0.29, 0.717) is 5.56 Å². The van der Waals surface area contributed by atoms with Crippen molar-refractivity contribution in [2.24, 2.45) is 0 Å². The van der Waals surface area contributed by atoms with Crippen LogP contribution < -0.4 is 5.11 Å². The molecule has 0 aliphatic rings. The molecule has 3 heteroatoms. The lowest BCUT2D eigenvalue weighted by molar-refractivity contribution is -0.315. The quantitative estimate of drug-likeness (QED) is 0.659. The van der Waals surface area contributed by atoms with Gasteiger partial charge in [-0.2, -0.15) is 0 Å². The monoisotopic (exact) mass is 165 g/mol. The number of carbonyl (C=O) groups excluding carboxylic acids is 1. The summed E-state index contributed by atoms with van der Waals surface area (Å²) >= 11 is 0. The number of hydrogen-bond donors (Lipinski definition) is 1. The van der Waals surface area contributed by atoms with Gasteiger partial charge in [0.1, 0.15) is 6.10 Å². The Morgan fingerprint density at radius 2 is 2.08 bits per heavy atom. The number of hydrogen-bond acceptors (Lipinski definition) is 3. The van der Waals surface area contributed by atoms with E-state index in [0.717, 1.165) is 5.56 Å². The molecule has 1 aromatic rings. The van der Waals surface area contributed by atoms with Crippen LogP contribution in [0.25, 0.3) is 0 Å². The van der Waals surface area contributed by atoms with E-state index in [1.165, 1.54) is 0 Å². The SMILES string of the molecule is Cc1ccccc1[C@@H](O)C(=O)[O-]. The molecule has 0 heterocycles. The number of benzene rings is 1. The zero-order valence-electron chi connectivity index (χ0n) is 6.65. The largest absolute Gasteiger partial charge is 0.547 e. The topological polar surface area (TPSA) is 60.4 Å².